The number of ether oxygens (including phenoxy) is 1. The largest absolute Gasteiger partial charge is 0.497 e. The molecule has 1 aromatic heterocycles. The van der Waals surface area contributed by atoms with Crippen molar-refractivity contribution in [2.45, 2.75) is 25.8 Å². The normalized spacial score (nSPS) is 13.3. The first-order valence-corrected chi connectivity index (χ1v) is 12.4. The number of amides is 2. The summed E-state index contributed by atoms with van der Waals surface area (Å²) in [5.74, 6) is 1.72. The van der Waals surface area contributed by atoms with Crippen molar-refractivity contribution >= 4 is 17.5 Å². The van der Waals surface area contributed by atoms with E-state index in [0.717, 1.165) is 37.1 Å². The van der Waals surface area contributed by atoms with Crippen molar-refractivity contribution in [1.29, 1.82) is 0 Å². The van der Waals surface area contributed by atoms with E-state index in [4.69, 9.17) is 14.8 Å². The molecule has 1 saturated heterocycles. The van der Waals surface area contributed by atoms with Crippen LogP contribution < -0.4 is 10.1 Å². The van der Waals surface area contributed by atoms with Gasteiger partial charge in [-0.1, -0.05) is 30.3 Å². The molecule has 8 nitrogen and oxygen atoms in total. The van der Waals surface area contributed by atoms with E-state index < -0.39 is 0 Å². The van der Waals surface area contributed by atoms with Crippen molar-refractivity contribution < 1.29 is 14.3 Å². The first kappa shape index (κ1) is 24.2. The number of piperidine rings is 1. The van der Waals surface area contributed by atoms with Gasteiger partial charge in [-0.2, -0.15) is 0 Å². The maximum Gasteiger partial charge on any atom is 0.255 e. The van der Waals surface area contributed by atoms with Crippen LogP contribution in [0.1, 0.15) is 29.6 Å². The topological polar surface area (TPSA) is 89.3 Å². The summed E-state index contributed by atoms with van der Waals surface area (Å²) in [5, 5.41) is 7.61. The fourth-order valence-electron chi connectivity index (χ4n) is 4.40. The maximum atomic E-state index is 13.0. The molecule has 188 valence electrons. The lowest BCUT2D eigenvalue weighted by atomic mass is 10.1. The molecule has 5 rings (SSSR count). The third-order valence-electron chi connectivity index (χ3n) is 6.45. The first-order chi connectivity index (χ1) is 18.1. The first-order valence-electron chi connectivity index (χ1n) is 12.4. The highest BCUT2D eigenvalue weighted by atomic mass is 16.5. The molecule has 2 heterocycles. The van der Waals surface area contributed by atoms with Crippen LogP contribution in [0, 0.1) is 0 Å². The van der Waals surface area contributed by atoms with Crippen LogP contribution in [0.25, 0.3) is 22.8 Å². The maximum absolute atomic E-state index is 13.0. The van der Waals surface area contributed by atoms with Crippen LogP contribution in [0.3, 0.4) is 0 Å². The van der Waals surface area contributed by atoms with E-state index in [1.165, 1.54) is 6.42 Å². The average Bonchev–Trinajstić information content (AvgIpc) is 3.38. The molecule has 1 aliphatic heterocycles. The van der Waals surface area contributed by atoms with Gasteiger partial charge in [0.2, 0.25) is 5.91 Å². The second-order valence-electron chi connectivity index (χ2n) is 8.98. The molecule has 0 unspecified atom stereocenters. The second-order valence-corrected chi connectivity index (χ2v) is 8.98. The highest BCUT2D eigenvalue weighted by Crippen LogP contribution is 2.24. The van der Waals surface area contributed by atoms with Gasteiger partial charge in [-0.3, -0.25) is 9.59 Å². The minimum Gasteiger partial charge on any atom is -0.497 e. The Balaban J connectivity index is 1.35. The quantitative estimate of drug-likeness (QED) is 0.395. The van der Waals surface area contributed by atoms with E-state index >= 15 is 0 Å². The van der Waals surface area contributed by atoms with Gasteiger partial charge in [-0.25, -0.2) is 9.67 Å². The van der Waals surface area contributed by atoms with Crippen molar-refractivity contribution in [3.63, 3.8) is 0 Å². The zero-order chi connectivity index (χ0) is 25.6. The number of likely N-dealkylation sites (tertiary alicyclic amines) is 1. The van der Waals surface area contributed by atoms with Crippen LogP contribution in [0.2, 0.25) is 0 Å². The summed E-state index contributed by atoms with van der Waals surface area (Å²) in [7, 11) is 1.59. The molecule has 2 amide bonds. The summed E-state index contributed by atoms with van der Waals surface area (Å²) in [6, 6.07) is 24.1. The van der Waals surface area contributed by atoms with E-state index in [2.05, 4.69) is 5.32 Å². The molecule has 3 aromatic carbocycles. The number of aromatic nitrogens is 3. The predicted molar refractivity (Wildman–Crippen MR) is 142 cm³/mol. The van der Waals surface area contributed by atoms with Crippen LogP contribution in [-0.4, -0.2) is 51.7 Å². The zero-order valence-electron chi connectivity index (χ0n) is 20.8. The zero-order valence-corrected chi connectivity index (χ0v) is 20.8. The Morgan fingerprint density at radius 3 is 2.24 bits per heavy atom. The van der Waals surface area contributed by atoms with Crippen molar-refractivity contribution in [1.82, 2.24) is 19.7 Å². The van der Waals surface area contributed by atoms with Crippen molar-refractivity contribution in [2.24, 2.45) is 0 Å². The predicted octanol–water partition coefficient (Wildman–Crippen LogP) is 4.89. The number of carbonyl (C=O) groups is 2. The van der Waals surface area contributed by atoms with Gasteiger partial charge in [0.15, 0.2) is 11.6 Å². The highest BCUT2D eigenvalue weighted by molar-refractivity contribution is 6.04. The van der Waals surface area contributed by atoms with Gasteiger partial charge in [0.25, 0.3) is 5.91 Å². The second kappa shape index (κ2) is 11.1. The molecule has 1 fully saturated rings. The molecule has 0 atom stereocenters. The van der Waals surface area contributed by atoms with Gasteiger partial charge < -0.3 is 15.0 Å². The van der Waals surface area contributed by atoms with Crippen LogP contribution in [0.5, 0.6) is 5.75 Å². The third-order valence-corrected chi connectivity index (χ3v) is 6.45. The van der Waals surface area contributed by atoms with E-state index in [-0.39, 0.29) is 18.4 Å². The third kappa shape index (κ3) is 5.69. The van der Waals surface area contributed by atoms with Crippen molar-refractivity contribution in [2.75, 3.05) is 25.5 Å². The smallest absolute Gasteiger partial charge is 0.255 e. The molecule has 0 saturated carbocycles. The van der Waals surface area contributed by atoms with Crippen LogP contribution >= 0.6 is 0 Å². The Morgan fingerprint density at radius 2 is 1.57 bits per heavy atom. The molecule has 0 aliphatic carbocycles. The summed E-state index contributed by atoms with van der Waals surface area (Å²) >= 11 is 0. The lowest BCUT2D eigenvalue weighted by Gasteiger charge is -2.26. The summed E-state index contributed by atoms with van der Waals surface area (Å²) in [6.45, 7) is 1.74. The summed E-state index contributed by atoms with van der Waals surface area (Å²) in [4.78, 5) is 32.3. The average molecular weight is 496 g/mol. The number of carbonyl (C=O) groups excluding carboxylic acids is 2. The number of hydrogen-bond acceptors (Lipinski definition) is 5. The monoisotopic (exact) mass is 495 g/mol. The molecule has 4 aromatic rings. The molecule has 1 N–H and O–H groups in total. The minimum atomic E-state index is -0.208. The molecule has 0 radical (unpaired) electrons. The number of anilines is 1. The Bertz CT molecular complexity index is 1360. The number of nitrogens with one attached hydrogen (secondary N) is 1. The molecule has 8 heteroatoms. The van der Waals surface area contributed by atoms with Gasteiger partial charge in [0.05, 0.1) is 7.11 Å². The molecule has 0 bridgehead atoms. The molecule has 0 spiro atoms. The fourth-order valence-corrected chi connectivity index (χ4v) is 4.40. The van der Waals surface area contributed by atoms with Gasteiger partial charge in [-0.05, 0) is 67.8 Å². The van der Waals surface area contributed by atoms with E-state index in [1.54, 1.807) is 36.1 Å². The van der Waals surface area contributed by atoms with Crippen LogP contribution in [0.15, 0.2) is 78.9 Å². The number of hydrogen-bond donors (Lipinski definition) is 1. The van der Waals surface area contributed by atoms with Crippen molar-refractivity contribution in [3.05, 3.63) is 84.4 Å². The van der Waals surface area contributed by atoms with E-state index in [9.17, 15) is 9.59 Å². The molecular formula is C29H29N5O3. The van der Waals surface area contributed by atoms with Gasteiger partial charge >= 0.3 is 0 Å². The van der Waals surface area contributed by atoms with Gasteiger partial charge in [-0.15, -0.1) is 5.10 Å². The van der Waals surface area contributed by atoms with Crippen molar-refractivity contribution in [3.8, 4) is 28.5 Å². The number of methoxy groups -OCH3 is 1. The number of rotatable bonds is 7. The summed E-state index contributed by atoms with van der Waals surface area (Å²) in [6.07, 6.45) is 3.26. The van der Waals surface area contributed by atoms with Gasteiger partial charge in [0.1, 0.15) is 12.3 Å². The molecule has 37 heavy (non-hydrogen) atoms. The Morgan fingerprint density at radius 1 is 0.865 bits per heavy atom. The SMILES string of the molecule is COc1ccc(C(=O)Nc2ccc(-c3nc(-c4ccccc4)n(CC(=O)N4CCCCC4)n3)cc2)cc1. The Hall–Kier alpha value is -4.46. The fraction of sp³-hybridized carbons (Fsp3) is 0.241. The van der Waals surface area contributed by atoms with E-state index in [1.807, 2.05) is 59.5 Å². The highest BCUT2D eigenvalue weighted by Gasteiger charge is 2.21. The summed E-state index contributed by atoms with van der Waals surface area (Å²) in [5.41, 5.74) is 2.89. The Kier molecular flexibility index (Phi) is 7.26. The summed E-state index contributed by atoms with van der Waals surface area (Å²) < 4.78 is 6.84. The van der Waals surface area contributed by atoms with Crippen LogP contribution in [-0.2, 0) is 11.3 Å². The number of benzene rings is 3. The van der Waals surface area contributed by atoms with Gasteiger partial charge in [0, 0.05) is 35.5 Å². The Labute approximate surface area is 215 Å². The number of nitrogens with zero attached hydrogens (tertiary/aromatic N) is 4. The standard InChI is InChI=1S/C29H29N5O3/c1-37-25-16-12-23(13-17-25)29(36)30-24-14-10-21(11-15-24)27-31-28(22-8-4-2-5-9-22)34(32-27)20-26(35)33-18-6-3-7-19-33/h2,4-5,8-17H,3,6-7,18-20H2,1H3,(H,30,36). The molecule has 1 aliphatic rings. The van der Waals surface area contributed by atoms with Crippen LogP contribution in [0.4, 0.5) is 5.69 Å². The molecular weight excluding hydrogens is 466 g/mol. The minimum absolute atomic E-state index is 0.0601. The lowest BCUT2D eigenvalue weighted by molar-refractivity contribution is -0.132. The van der Waals surface area contributed by atoms with E-state index in [0.29, 0.717) is 28.6 Å². The lowest BCUT2D eigenvalue weighted by Crippen LogP contribution is -2.38.